The third-order valence-corrected chi connectivity index (χ3v) is 3.82. The van der Waals surface area contributed by atoms with Crippen LogP contribution in [-0.4, -0.2) is 16.1 Å². The molecule has 1 heterocycles. The van der Waals surface area contributed by atoms with Gasteiger partial charge < -0.3 is 10.4 Å². The monoisotopic (exact) mass is 384 g/mol. The molecule has 0 atom stereocenters. The normalized spacial score (nSPS) is 10.3. The maximum Gasteiger partial charge on any atom is 0.339 e. The van der Waals surface area contributed by atoms with E-state index in [2.05, 4.69) is 42.2 Å². The van der Waals surface area contributed by atoms with E-state index < -0.39 is 5.97 Å². The number of aryl methyl sites for hydroxylation is 1. The molecule has 2 rings (SSSR count). The molecule has 19 heavy (non-hydrogen) atoms. The van der Waals surface area contributed by atoms with Crippen LogP contribution < -0.4 is 5.32 Å². The van der Waals surface area contributed by atoms with Crippen LogP contribution in [0, 0.1) is 6.92 Å². The van der Waals surface area contributed by atoms with Crippen LogP contribution >= 0.6 is 31.9 Å². The van der Waals surface area contributed by atoms with Gasteiger partial charge in [0.15, 0.2) is 0 Å². The van der Waals surface area contributed by atoms with Crippen LogP contribution in [0.2, 0.25) is 0 Å². The van der Waals surface area contributed by atoms with Gasteiger partial charge in [0.1, 0.15) is 5.56 Å². The first kappa shape index (κ1) is 14.0. The first-order chi connectivity index (χ1) is 8.99. The second kappa shape index (κ2) is 5.71. The largest absolute Gasteiger partial charge is 0.478 e. The number of halogens is 2. The van der Waals surface area contributed by atoms with Crippen LogP contribution in [0.5, 0.6) is 0 Å². The van der Waals surface area contributed by atoms with Gasteiger partial charge in [-0.1, -0.05) is 6.07 Å². The van der Waals surface area contributed by atoms with Gasteiger partial charge in [0.25, 0.3) is 0 Å². The summed E-state index contributed by atoms with van der Waals surface area (Å²) in [7, 11) is 0. The van der Waals surface area contributed by atoms with Crippen LogP contribution in [0.4, 0.5) is 11.4 Å². The molecule has 0 saturated heterocycles. The average Bonchev–Trinajstić information content (AvgIpc) is 2.33. The fraction of sp³-hybridized carbons (Fsp3) is 0.0769. The number of carboxylic acid groups (broad SMARTS) is 1. The Morgan fingerprint density at radius 3 is 2.53 bits per heavy atom. The van der Waals surface area contributed by atoms with Crippen molar-refractivity contribution in [2.24, 2.45) is 0 Å². The molecule has 0 aliphatic heterocycles. The van der Waals surface area contributed by atoms with Crippen LogP contribution in [0.3, 0.4) is 0 Å². The van der Waals surface area contributed by atoms with Gasteiger partial charge in [-0.05, 0) is 57.0 Å². The average molecular weight is 386 g/mol. The maximum absolute atomic E-state index is 11.2. The third kappa shape index (κ3) is 3.13. The Labute approximate surface area is 127 Å². The van der Waals surface area contributed by atoms with Gasteiger partial charge in [-0.3, -0.25) is 4.98 Å². The van der Waals surface area contributed by atoms with Crippen molar-refractivity contribution in [2.45, 2.75) is 6.92 Å². The molecule has 0 spiro atoms. The molecule has 1 aromatic heterocycles. The van der Waals surface area contributed by atoms with Gasteiger partial charge in [0.05, 0.1) is 11.4 Å². The summed E-state index contributed by atoms with van der Waals surface area (Å²) in [4.78, 5) is 15.2. The Morgan fingerprint density at radius 2 is 1.95 bits per heavy atom. The number of nitrogens with one attached hydrogen (secondary N) is 1. The number of nitrogens with zero attached hydrogens (tertiary/aromatic N) is 1. The maximum atomic E-state index is 11.2. The van der Waals surface area contributed by atoms with Crippen molar-refractivity contribution in [1.29, 1.82) is 0 Å². The van der Waals surface area contributed by atoms with Crippen molar-refractivity contribution < 1.29 is 9.90 Å². The van der Waals surface area contributed by atoms with Gasteiger partial charge >= 0.3 is 5.97 Å². The van der Waals surface area contributed by atoms with Gasteiger partial charge in [0, 0.05) is 20.8 Å². The lowest BCUT2D eigenvalue weighted by Crippen LogP contribution is -2.05. The van der Waals surface area contributed by atoms with E-state index in [4.69, 9.17) is 5.11 Å². The molecule has 98 valence electrons. The summed E-state index contributed by atoms with van der Waals surface area (Å²) < 4.78 is 1.68. The number of para-hydroxylation sites is 1. The number of carboxylic acids is 1. The SMILES string of the molecule is Cc1cc(Nc2c(Br)cccc2Br)c(C(=O)O)cn1. The van der Waals surface area contributed by atoms with Crippen LogP contribution in [0.15, 0.2) is 39.4 Å². The molecule has 0 unspecified atom stereocenters. The Kier molecular flexibility index (Phi) is 4.21. The summed E-state index contributed by atoms with van der Waals surface area (Å²) >= 11 is 6.86. The number of anilines is 2. The summed E-state index contributed by atoms with van der Waals surface area (Å²) in [5.74, 6) is -1.02. The number of hydrogen-bond donors (Lipinski definition) is 2. The molecule has 2 aromatic rings. The van der Waals surface area contributed by atoms with E-state index >= 15 is 0 Å². The highest BCUT2D eigenvalue weighted by Gasteiger charge is 2.13. The van der Waals surface area contributed by atoms with E-state index in [9.17, 15) is 4.79 Å². The van der Waals surface area contributed by atoms with Crippen molar-refractivity contribution in [1.82, 2.24) is 4.98 Å². The minimum absolute atomic E-state index is 0.133. The number of hydrogen-bond acceptors (Lipinski definition) is 3. The fourth-order valence-electron chi connectivity index (χ4n) is 1.59. The summed E-state index contributed by atoms with van der Waals surface area (Å²) in [5.41, 5.74) is 2.16. The predicted molar refractivity (Wildman–Crippen MR) is 81.1 cm³/mol. The van der Waals surface area contributed by atoms with E-state index in [0.717, 1.165) is 20.3 Å². The molecule has 0 saturated carbocycles. The molecule has 0 aliphatic rings. The minimum Gasteiger partial charge on any atom is -0.478 e. The summed E-state index contributed by atoms with van der Waals surface area (Å²) in [6.45, 7) is 1.81. The second-order valence-electron chi connectivity index (χ2n) is 3.90. The van der Waals surface area contributed by atoms with E-state index in [0.29, 0.717) is 5.69 Å². The molecule has 2 N–H and O–H groups in total. The first-order valence-corrected chi connectivity index (χ1v) is 6.98. The molecular weight excluding hydrogens is 376 g/mol. The number of carbonyl (C=O) groups is 1. The topological polar surface area (TPSA) is 62.2 Å². The minimum atomic E-state index is -1.02. The summed E-state index contributed by atoms with van der Waals surface area (Å²) in [5, 5.41) is 12.3. The van der Waals surface area contributed by atoms with Crippen molar-refractivity contribution >= 4 is 49.2 Å². The highest BCUT2D eigenvalue weighted by Crippen LogP contribution is 2.34. The molecule has 4 nitrogen and oxygen atoms in total. The summed E-state index contributed by atoms with van der Waals surface area (Å²) in [6, 6.07) is 7.34. The van der Waals surface area contributed by atoms with Crippen molar-refractivity contribution in [3.05, 3.63) is 50.7 Å². The Hall–Kier alpha value is -1.40. The van der Waals surface area contributed by atoms with Gasteiger partial charge in [-0.15, -0.1) is 0 Å². The van der Waals surface area contributed by atoms with Gasteiger partial charge in [-0.2, -0.15) is 0 Å². The van der Waals surface area contributed by atoms with Crippen LogP contribution in [0.25, 0.3) is 0 Å². The highest BCUT2D eigenvalue weighted by atomic mass is 79.9. The smallest absolute Gasteiger partial charge is 0.339 e. The highest BCUT2D eigenvalue weighted by molar-refractivity contribution is 9.11. The number of pyridine rings is 1. The number of benzene rings is 1. The van der Waals surface area contributed by atoms with Gasteiger partial charge in [-0.25, -0.2) is 4.79 Å². The lowest BCUT2D eigenvalue weighted by atomic mass is 10.2. The molecule has 0 radical (unpaired) electrons. The Balaban J connectivity index is 2.49. The predicted octanol–water partition coefficient (Wildman–Crippen LogP) is 4.36. The zero-order valence-electron chi connectivity index (χ0n) is 9.95. The standard InChI is InChI=1S/C13H10Br2N2O2/c1-7-5-11(8(6-16-7)13(18)19)17-12-9(14)3-2-4-10(12)15/h2-6H,1H3,(H,16,17)(H,18,19). The Bertz CT molecular complexity index is 624. The number of aromatic nitrogens is 1. The first-order valence-electron chi connectivity index (χ1n) is 5.40. The van der Waals surface area contributed by atoms with E-state index in [1.807, 2.05) is 25.1 Å². The van der Waals surface area contributed by atoms with Crippen molar-refractivity contribution in [2.75, 3.05) is 5.32 Å². The van der Waals surface area contributed by atoms with E-state index in [1.54, 1.807) is 6.07 Å². The zero-order valence-corrected chi connectivity index (χ0v) is 13.1. The van der Waals surface area contributed by atoms with Crippen LogP contribution in [0.1, 0.15) is 16.1 Å². The van der Waals surface area contributed by atoms with Crippen molar-refractivity contribution in [3.8, 4) is 0 Å². The lowest BCUT2D eigenvalue weighted by molar-refractivity contribution is 0.0697. The Morgan fingerprint density at radius 1 is 1.32 bits per heavy atom. The molecule has 0 fully saturated rings. The molecule has 1 aromatic carbocycles. The molecule has 0 amide bonds. The molecule has 0 bridgehead atoms. The van der Waals surface area contributed by atoms with Crippen molar-refractivity contribution in [3.63, 3.8) is 0 Å². The third-order valence-electron chi connectivity index (χ3n) is 2.49. The van der Waals surface area contributed by atoms with E-state index in [1.165, 1.54) is 6.20 Å². The zero-order chi connectivity index (χ0) is 14.0. The lowest BCUT2D eigenvalue weighted by Gasteiger charge is -2.13. The number of aromatic carboxylic acids is 1. The quantitative estimate of drug-likeness (QED) is 0.824. The molecular formula is C13H10Br2N2O2. The number of rotatable bonds is 3. The van der Waals surface area contributed by atoms with Gasteiger partial charge in [0.2, 0.25) is 0 Å². The molecule has 6 heteroatoms. The van der Waals surface area contributed by atoms with E-state index in [-0.39, 0.29) is 5.56 Å². The summed E-state index contributed by atoms with van der Waals surface area (Å²) in [6.07, 6.45) is 1.35. The second-order valence-corrected chi connectivity index (χ2v) is 5.61. The van der Waals surface area contributed by atoms with Crippen LogP contribution in [-0.2, 0) is 0 Å². The molecule has 0 aliphatic carbocycles. The fourth-order valence-corrected chi connectivity index (χ4v) is 2.78.